The Morgan fingerprint density at radius 2 is 2.17 bits per heavy atom. The molecule has 98 valence electrons. The molecule has 0 spiro atoms. The van der Waals surface area contributed by atoms with Crippen molar-refractivity contribution >= 4 is 22.9 Å². The van der Waals surface area contributed by atoms with Crippen molar-refractivity contribution in [2.75, 3.05) is 37.4 Å². The maximum atomic E-state index is 5.00. The van der Waals surface area contributed by atoms with E-state index < -0.39 is 0 Å². The lowest BCUT2D eigenvalue weighted by atomic mass is 10.4. The van der Waals surface area contributed by atoms with Crippen LogP contribution in [0, 0.1) is 0 Å². The molecule has 0 saturated carbocycles. The van der Waals surface area contributed by atoms with Gasteiger partial charge in [-0.15, -0.1) is 0 Å². The van der Waals surface area contributed by atoms with E-state index in [1.165, 1.54) is 0 Å². The normalized spacial score (nSPS) is 10.8. The quantitative estimate of drug-likeness (QED) is 0.641. The molecule has 0 aromatic carbocycles. The third-order valence-corrected chi connectivity index (χ3v) is 2.42. The van der Waals surface area contributed by atoms with Gasteiger partial charge in [-0.05, 0) is 6.42 Å². The van der Waals surface area contributed by atoms with Gasteiger partial charge in [0, 0.05) is 20.2 Å². The van der Waals surface area contributed by atoms with E-state index in [0.29, 0.717) is 24.7 Å². The van der Waals surface area contributed by atoms with Gasteiger partial charge >= 0.3 is 0 Å². The number of rotatable bonds is 7. The summed E-state index contributed by atoms with van der Waals surface area (Å²) in [5.41, 5.74) is 1.47. The van der Waals surface area contributed by atoms with Gasteiger partial charge in [-0.25, -0.2) is 4.98 Å². The van der Waals surface area contributed by atoms with Gasteiger partial charge in [0.05, 0.1) is 12.9 Å². The van der Waals surface area contributed by atoms with Crippen LogP contribution in [0.15, 0.2) is 6.33 Å². The van der Waals surface area contributed by atoms with Gasteiger partial charge < -0.3 is 20.4 Å². The average molecular weight is 250 g/mol. The largest absolute Gasteiger partial charge is 0.383 e. The van der Waals surface area contributed by atoms with Gasteiger partial charge in [-0.3, -0.25) is 0 Å². The summed E-state index contributed by atoms with van der Waals surface area (Å²) in [5, 5.41) is 6.36. The first-order valence-electron chi connectivity index (χ1n) is 6.03. The van der Waals surface area contributed by atoms with Crippen molar-refractivity contribution in [3.05, 3.63) is 6.33 Å². The molecule has 0 aliphatic rings. The fourth-order valence-electron chi connectivity index (χ4n) is 1.55. The minimum absolute atomic E-state index is 0.594. The van der Waals surface area contributed by atoms with Gasteiger partial charge in [0.15, 0.2) is 11.5 Å². The smallest absolute Gasteiger partial charge is 0.226 e. The monoisotopic (exact) mass is 250 g/mol. The first kappa shape index (κ1) is 12.6. The third-order valence-electron chi connectivity index (χ3n) is 2.42. The first-order valence-corrected chi connectivity index (χ1v) is 6.03. The van der Waals surface area contributed by atoms with Crippen molar-refractivity contribution in [1.82, 2.24) is 19.9 Å². The summed E-state index contributed by atoms with van der Waals surface area (Å²) < 4.78 is 5.00. The summed E-state index contributed by atoms with van der Waals surface area (Å²) in [6, 6.07) is 0. The van der Waals surface area contributed by atoms with Crippen LogP contribution in [-0.2, 0) is 4.74 Å². The zero-order valence-electron chi connectivity index (χ0n) is 10.7. The van der Waals surface area contributed by atoms with Crippen LogP contribution in [0.25, 0.3) is 11.2 Å². The molecule has 0 aliphatic heterocycles. The second-order valence-electron chi connectivity index (χ2n) is 3.84. The van der Waals surface area contributed by atoms with E-state index in [2.05, 4.69) is 37.5 Å². The highest BCUT2D eigenvalue weighted by Crippen LogP contribution is 2.18. The number of anilines is 2. The van der Waals surface area contributed by atoms with Gasteiger partial charge in [0.2, 0.25) is 5.95 Å². The lowest BCUT2D eigenvalue weighted by molar-refractivity contribution is 0.210. The van der Waals surface area contributed by atoms with Crippen molar-refractivity contribution in [2.24, 2.45) is 0 Å². The Labute approximate surface area is 105 Å². The Bertz CT molecular complexity index is 497. The number of hydrogen-bond donors (Lipinski definition) is 3. The Hall–Kier alpha value is -1.89. The molecular formula is C11H18N6O. The third kappa shape index (κ3) is 2.86. The molecule has 2 rings (SSSR count). The molecule has 7 heteroatoms. The maximum Gasteiger partial charge on any atom is 0.226 e. The lowest BCUT2D eigenvalue weighted by Gasteiger charge is -2.08. The molecule has 0 saturated heterocycles. The number of aromatic amines is 1. The summed E-state index contributed by atoms with van der Waals surface area (Å²) in [4.78, 5) is 15.9. The van der Waals surface area contributed by atoms with Crippen LogP contribution in [0.3, 0.4) is 0 Å². The molecule has 0 fully saturated rings. The van der Waals surface area contributed by atoms with E-state index in [4.69, 9.17) is 4.74 Å². The Kier molecular flexibility index (Phi) is 4.30. The van der Waals surface area contributed by atoms with Crippen LogP contribution < -0.4 is 10.6 Å². The van der Waals surface area contributed by atoms with Crippen molar-refractivity contribution in [3.63, 3.8) is 0 Å². The average Bonchev–Trinajstić information content (AvgIpc) is 2.85. The standard InChI is InChI=1S/C11H18N6O/c1-3-4-13-11-16-9(12-5-6-18-2)8-10(17-11)15-7-14-8/h7H,3-6H2,1-2H3,(H3,12,13,14,15,16,17). The van der Waals surface area contributed by atoms with E-state index in [1.54, 1.807) is 13.4 Å². The molecule has 0 radical (unpaired) electrons. The summed E-state index contributed by atoms with van der Waals surface area (Å²) in [7, 11) is 1.67. The molecule has 18 heavy (non-hydrogen) atoms. The summed E-state index contributed by atoms with van der Waals surface area (Å²) >= 11 is 0. The molecule has 0 amide bonds. The molecule has 0 unspecified atom stereocenters. The molecule has 0 atom stereocenters. The molecule has 0 aliphatic carbocycles. The van der Waals surface area contributed by atoms with Crippen molar-refractivity contribution in [2.45, 2.75) is 13.3 Å². The zero-order valence-corrected chi connectivity index (χ0v) is 10.7. The van der Waals surface area contributed by atoms with Crippen LogP contribution in [-0.4, -0.2) is 46.7 Å². The molecule has 0 bridgehead atoms. The summed E-state index contributed by atoms with van der Waals surface area (Å²) in [6.45, 7) is 4.25. The molecule has 3 N–H and O–H groups in total. The highest BCUT2D eigenvalue weighted by molar-refractivity contribution is 5.83. The predicted octanol–water partition coefficient (Wildman–Crippen LogP) is 1.23. The highest BCUT2D eigenvalue weighted by Gasteiger charge is 2.08. The molecule has 2 heterocycles. The Morgan fingerprint density at radius 1 is 1.28 bits per heavy atom. The molecular weight excluding hydrogens is 232 g/mol. The number of fused-ring (bicyclic) bond motifs is 1. The van der Waals surface area contributed by atoms with Gasteiger partial charge in [0.25, 0.3) is 0 Å². The first-order chi connectivity index (χ1) is 8.85. The number of H-pyrrole nitrogens is 1. The van der Waals surface area contributed by atoms with Crippen molar-refractivity contribution in [1.29, 1.82) is 0 Å². The van der Waals surface area contributed by atoms with E-state index in [1.807, 2.05) is 0 Å². The zero-order chi connectivity index (χ0) is 12.8. The van der Waals surface area contributed by atoms with Crippen LogP contribution in [0.1, 0.15) is 13.3 Å². The van der Waals surface area contributed by atoms with Crippen LogP contribution in [0.2, 0.25) is 0 Å². The molecule has 2 aromatic rings. The number of methoxy groups -OCH3 is 1. The van der Waals surface area contributed by atoms with E-state index in [0.717, 1.165) is 24.3 Å². The Morgan fingerprint density at radius 3 is 2.94 bits per heavy atom. The minimum atomic E-state index is 0.594. The van der Waals surface area contributed by atoms with Crippen LogP contribution >= 0.6 is 0 Å². The van der Waals surface area contributed by atoms with Gasteiger partial charge in [-0.1, -0.05) is 6.92 Å². The number of ether oxygens (including phenoxy) is 1. The van der Waals surface area contributed by atoms with E-state index in [9.17, 15) is 0 Å². The lowest BCUT2D eigenvalue weighted by Crippen LogP contribution is -2.11. The van der Waals surface area contributed by atoms with Gasteiger partial charge in [-0.2, -0.15) is 9.97 Å². The topological polar surface area (TPSA) is 87.8 Å². The van der Waals surface area contributed by atoms with E-state index in [-0.39, 0.29) is 0 Å². The number of nitrogens with one attached hydrogen (secondary N) is 3. The second kappa shape index (κ2) is 6.15. The van der Waals surface area contributed by atoms with Crippen molar-refractivity contribution < 1.29 is 4.74 Å². The fraction of sp³-hybridized carbons (Fsp3) is 0.545. The molecule has 7 nitrogen and oxygen atoms in total. The predicted molar refractivity (Wildman–Crippen MR) is 70.8 cm³/mol. The number of nitrogens with zero attached hydrogens (tertiary/aromatic N) is 3. The number of imidazole rings is 1. The SMILES string of the molecule is CCCNc1nc(NCCOC)c2[nH]cnc2n1. The fourth-order valence-corrected chi connectivity index (χ4v) is 1.55. The second-order valence-corrected chi connectivity index (χ2v) is 3.84. The minimum Gasteiger partial charge on any atom is -0.383 e. The summed E-state index contributed by atoms with van der Waals surface area (Å²) in [5.74, 6) is 1.34. The number of aromatic nitrogens is 4. The van der Waals surface area contributed by atoms with Crippen molar-refractivity contribution in [3.8, 4) is 0 Å². The highest BCUT2D eigenvalue weighted by atomic mass is 16.5. The molecule has 2 aromatic heterocycles. The van der Waals surface area contributed by atoms with E-state index >= 15 is 0 Å². The maximum absolute atomic E-state index is 5.00. The number of hydrogen-bond acceptors (Lipinski definition) is 6. The summed E-state index contributed by atoms with van der Waals surface area (Å²) in [6.07, 6.45) is 2.64. The van der Waals surface area contributed by atoms with Crippen LogP contribution in [0.4, 0.5) is 11.8 Å². The Balaban J connectivity index is 2.21. The van der Waals surface area contributed by atoms with Crippen LogP contribution in [0.5, 0.6) is 0 Å². The van der Waals surface area contributed by atoms with Gasteiger partial charge in [0.1, 0.15) is 5.52 Å².